The lowest BCUT2D eigenvalue weighted by Gasteiger charge is -2.09. The number of aromatic nitrogens is 2. The number of hydrogen-bond acceptors (Lipinski definition) is 4. The Bertz CT molecular complexity index is 774. The number of hydrogen-bond donors (Lipinski definition) is 1. The fourth-order valence-corrected chi connectivity index (χ4v) is 2.95. The first-order chi connectivity index (χ1) is 10.3. The van der Waals surface area contributed by atoms with Crippen LogP contribution in [0.5, 0.6) is 0 Å². The molecule has 4 heteroatoms. The van der Waals surface area contributed by atoms with Gasteiger partial charge in [-0.15, -0.1) is 0 Å². The van der Waals surface area contributed by atoms with Crippen LogP contribution in [0.15, 0.2) is 34.7 Å². The smallest absolute Gasteiger partial charge is 0.197 e. The molecular weight excluding hydrogens is 262 g/mol. The highest BCUT2D eigenvalue weighted by atomic mass is 16.3. The number of furan rings is 1. The maximum Gasteiger partial charge on any atom is 0.197 e. The second kappa shape index (κ2) is 4.88. The van der Waals surface area contributed by atoms with Gasteiger partial charge in [0.05, 0.1) is 0 Å². The standard InChI is InChI=1S/C17H17N3O/c1-2-18-16-12-7-5-8-13(12)19-17(20-16)15-10-11-6-3-4-9-14(11)21-15/h3-4,6,9-10H,2,5,7-8H2,1H3,(H,18,19,20). The Labute approximate surface area is 123 Å². The van der Waals surface area contributed by atoms with Gasteiger partial charge in [0, 0.05) is 23.2 Å². The van der Waals surface area contributed by atoms with Crippen molar-refractivity contribution >= 4 is 16.8 Å². The lowest BCUT2D eigenvalue weighted by atomic mass is 10.2. The third-order valence-corrected chi connectivity index (χ3v) is 3.92. The second-order valence-corrected chi connectivity index (χ2v) is 5.35. The Morgan fingerprint density at radius 1 is 1.19 bits per heavy atom. The van der Waals surface area contributed by atoms with Crippen molar-refractivity contribution in [1.82, 2.24) is 9.97 Å². The summed E-state index contributed by atoms with van der Waals surface area (Å²) in [5.74, 6) is 2.39. The highest BCUT2D eigenvalue weighted by Crippen LogP contribution is 2.31. The van der Waals surface area contributed by atoms with E-state index in [2.05, 4.69) is 17.2 Å². The molecule has 0 fully saturated rings. The fraction of sp³-hybridized carbons (Fsp3) is 0.294. The molecule has 2 heterocycles. The first-order valence-corrected chi connectivity index (χ1v) is 7.48. The van der Waals surface area contributed by atoms with E-state index in [0.717, 1.165) is 54.0 Å². The number of nitrogens with one attached hydrogen (secondary N) is 1. The van der Waals surface area contributed by atoms with Crippen molar-refractivity contribution in [1.29, 1.82) is 0 Å². The highest BCUT2D eigenvalue weighted by Gasteiger charge is 2.20. The summed E-state index contributed by atoms with van der Waals surface area (Å²) in [5, 5.41) is 4.44. The maximum absolute atomic E-state index is 5.89. The molecule has 0 unspecified atom stereocenters. The molecule has 3 aromatic rings. The van der Waals surface area contributed by atoms with Crippen molar-refractivity contribution in [3.8, 4) is 11.6 Å². The van der Waals surface area contributed by atoms with Gasteiger partial charge in [0.1, 0.15) is 11.4 Å². The number of fused-ring (bicyclic) bond motifs is 2. The van der Waals surface area contributed by atoms with E-state index in [1.165, 1.54) is 5.56 Å². The maximum atomic E-state index is 5.89. The largest absolute Gasteiger partial charge is 0.453 e. The molecule has 1 aromatic carbocycles. The van der Waals surface area contributed by atoms with Crippen molar-refractivity contribution in [2.24, 2.45) is 0 Å². The minimum atomic E-state index is 0.683. The quantitative estimate of drug-likeness (QED) is 0.792. The normalized spacial score (nSPS) is 13.6. The van der Waals surface area contributed by atoms with Crippen LogP contribution in [0, 0.1) is 0 Å². The van der Waals surface area contributed by atoms with Crippen LogP contribution in [-0.4, -0.2) is 16.5 Å². The summed E-state index contributed by atoms with van der Waals surface area (Å²) in [7, 11) is 0. The number of aryl methyl sites for hydroxylation is 1. The Hall–Kier alpha value is -2.36. The Morgan fingerprint density at radius 3 is 2.95 bits per heavy atom. The van der Waals surface area contributed by atoms with Gasteiger partial charge in [-0.3, -0.25) is 0 Å². The Kier molecular flexibility index (Phi) is 2.88. The van der Waals surface area contributed by atoms with E-state index in [1.807, 2.05) is 30.3 Å². The molecule has 2 aromatic heterocycles. The van der Waals surface area contributed by atoms with Crippen LogP contribution in [0.4, 0.5) is 5.82 Å². The first-order valence-electron chi connectivity index (χ1n) is 7.48. The molecule has 21 heavy (non-hydrogen) atoms. The average molecular weight is 279 g/mol. The van der Waals surface area contributed by atoms with Crippen molar-refractivity contribution in [3.05, 3.63) is 41.6 Å². The van der Waals surface area contributed by atoms with Crippen LogP contribution >= 0.6 is 0 Å². The van der Waals surface area contributed by atoms with E-state index in [-0.39, 0.29) is 0 Å². The Morgan fingerprint density at radius 2 is 2.10 bits per heavy atom. The van der Waals surface area contributed by atoms with E-state index in [9.17, 15) is 0 Å². The third-order valence-electron chi connectivity index (χ3n) is 3.92. The van der Waals surface area contributed by atoms with Gasteiger partial charge in [0.15, 0.2) is 11.6 Å². The summed E-state index contributed by atoms with van der Waals surface area (Å²) in [5.41, 5.74) is 3.31. The lowest BCUT2D eigenvalue weighted by Crippen LogP contribution is -2.06. The first kappa shape index (κ1) is 12.4. The minimum Gasteiger partial charge on any atom is -0.453 e. The van der Waals surface area contributed by atoms with E-state index in [1.54, 1.807) is 0 Å². The van der Waals surface area contributed by atoms with E-state index < -0.39 is 0 Å². The van der Waals surface area contributed by atoms with Crippen LogP contribution in [0.3, 0.4) is 0 Å². The number of para-hydroxylation sites is 1. The molecule has 4 nitrogen and oxygen atoms in total. The summed E-state index contributed by atoms with van der Waals surface area (Å²) >= 11 is 0. The predicted octanol–water partition coefficient (Wildman–Crippen LogP) is 3.81. The number of anilines is 1. The zero-order chi connectivity index (χ0) is 14.2. The molecule has 106 valence electrons. The van der Waals surface area contributed by atoms with E-state index >= 15 is 0 Å². The monoisotopic (exact) mass is 279 g/mol. The minimum absolute atomic E-state index is 0.683. The summed E-state index contributed by atoms with van der Waals surface area (Å²) < 4.78 is 5.89. The van der Waals surface area contributed by atoms with Crippen molar-refractivity contribution < 1.29 is 4.42 Å². The highest BCUT2D eigenvalue weighted by molar-refractivity contribution is 5.81. The van der Waals surface area contributed by atoms with Crippen molar-refractivity contribution in [2.75, 3.05) is 11.9 Å². The van der Waals surface area contributed by atoms with Gasteiger partial charge in [-0.1, -0.05) is 18.2 Å². The number of nitrogens with zero attached hydrogens (tertiary/aromatic N) is 2. The molecule has 1 aliphatic rings. The van der Waals surface area contributed by atoms with Crippen LogP contribution in [0.25, 0.3) is 22.6 Å². The van der Waals surface area contributed by atoms with Crippen LogP contribution < -0.4 is 5.32 Å². The van der Waals surface area contributed by atoms with Gasteiger partial charge in [0.2, 0.25) is 0 Å². The molecule has 0 radical (unpaired) electrons. The summed E-state index contributed by atoms with van der Waals surface area (Å²) in [6.07, 6.45) is 3.26. The molecule has 1 N–H and O–H groups in total. The average Bonchev–Trinajstić information content (AvgIpc) is 3.13. The van der Waals surface area contributed by atoms with Gasteiger partial charge in [0.25, 0.3) is 0 Å². The summed E-state index contributed by atoms with van der Waals surface area (Å²) in [6, 6.07) is 10.0. The summed E-state index contributed by atoms with van der Waals surface area (Å²) in [4.78, 5) is 9.40. The van der Waals surface area contributed by atoms with Gasteiger partial charge in [-0.25, -0.2) is 9.97 Å². The molecule has 0 saturated carbocycles. The van der Waals surface area contributed by atoms with Gasteiger partial charge in [-0.2, -0.15) is 0 Å². The van der Waals surface area contributed by atoms with Crippen LogP contribution in [-0.2, 0) is 12.8 Å². The molecule has 0 saturated heterocycles. The zero-order valence-electron chi connectivity index (χ0n) is 12.0. The lowest BCUT2D eigenvalue weighted by molar-refractivity contribution is 0.624. The van der Waals surface area contributed by atoms with Gasteiger partial charge in [-0.05, 0) is 38.3 Å². The fourth-order valence-electron chi connectivity index (χ4n) is 2.95. The van der Waals surface area contributed by atoms with Gasteiger partial charge >= 0.3 is 0 Å². The third kappa shape index (κ3) is 2.07. The Balaban J connectivity index is 1.86. The molecule has 0 amide bonds. The van der Waals surface area contributed by atoms with Crippen LogP contribution in [0.2, 0.25) is 0 Å². The van der Waals surface area contributed by atoms with Crippen molar-refractivity contribution in [3.63, 3.8) is 0 Å². The van der Waals surface area contributed by atoms with E-state index in [0.29, 0.717) is 5.82 Å². The van der Waals surface area contributed by atoms with Crippen molar-refractivity contribution in [2.45, 2.75) is 26.2 Å². The summed E-state index contributed by atoms with van der Waals surface area (Å²) in [6.45, 7) is 2.95. The number of rotatable bonds is 3. The molecule has 0 atom stereocenters. The zero-order valence-corrected chi connectivity index (χ0v) is 12.0. The predicted molar refractivity (Wildman–Crippen MR) is 83.4 cm³/mol. The molecular formula is C17H17N3O. The molecule has 1 aliphatic carbocycles. The van der Waals surface area contributed by atoms with Crippen LogP contribution in [0.1, 0.15) is 24.6 Å². The molecule has 4 rings (SSSR count). The second-order valence-electron chi connectivity index (χ2n) is 5.35. The SMILES string of the molecule is CCNc1nc(-c2cc3ccccc3o2)nc2c1CCC2. The number of benzene rings is 1. The topological polar surface area (TPSA) is 51.0 Å². The van der Waals surface area contributed by atoms with Gasteiger partial charge < -0.3 is 9.73 Å². The molecule has 0 aliphatic heterocycles. The van der Waals surface area contributed by atoms with E-state index in [4.69, 9.17) is 9.40 Å². The molecule has 0 bridgehead atoms. The molecule has 0 spiro atoms.